The number of halogens is 1. The zero-order valence-corrected chi connectivity index (χ0v) is 44.6. The highest BCUT2D eigenvalue weighted by Gasteiger charge is 2.44. The number of benzene rings is 4. The first kappa shape index (κ1) is 55.5. The van der Waals surface area contributed by atoms with Gasteiger partial charge in [-0.2, -0.15) is 0 Å². The minimum atomic E-state index is -2.03. The van der Waals surface area contributed by atoms with Crippen molar-refractivity contribution in [1.29, 1.82) is 0 Å². The van der Waals surface area contributed by atoms with Gasteiger partial charge in [-0.15, -0.1) is 11.6 Å². The number of aromatic nitrogens is 2. The van der Waals surface area contributed by atoms with Gasteiger partial charge in [-0.25, -0.2) is 9.98 Å². The van der Waals surface area contributed by atoms with Gasteiger partial charge in [-0.05, 0) is 124 Å². The van der Waals surface area contributed by atoms with Gasteiger partial charge in [0.05, 0.1) is 37.9 Å². The monoisotopic (exact) mass is 1040 g/mol. The molecule has 4 aromatic carbocycles. The highest BCUT2D eigenvalue weighted by atomic mass is 35.5. The molecule has 2 heterocycles. The lowest BCUT2D eigenvalue weighted by Crippen LogP contribution is -2.46. The predicted molar refractivity (Wildman–Crippen MR) is 301 cm³/mol. The van der Waals surface area contributed by atoms with Crippen LogP contribution in [0.2, 0.25) is 0 Å². The molecule has 0 spiro atoms. The van der Waals surface area contributed by atoms with Gasteiger partial charge in [-0.3, -0.25) is 28.6 Å². The van der Waals surface area contributed by atoms with Crippen LogP contribution in [-0.4, -0.2) is 116 Å². The fourth-order valence-corrected chi connectivity index (χ4v) is 14.2. The van der Waals surface area contributed by atoms with Crippen LogP contribution in [0.4, 0.5) is 5.69 Å². The Morgan fingerprint density at radius 3 is 1.99 bits per heavy atom. The molecule has 0 saturated heterocycles. The summed E-state index contributed by atoms with van der Waals surface area (Å²) in [5.74, 6) is 0.000737. The Morgan fingerprint density at radius 2 is 1.36 bits per heavy atom. The largest absolute Gasteiger partial charge is 0.379 e. The number of aliphatic imine (C=N–C) groups is 1. The number of nitrogens with one attached hydrogen (secondary N) is 2. The minimum absolute atomic E-state index is 0.00523. The standard InChI is InChI=1S/C59H71ClN7O6P/c1-65(2)49-31-25-46(26-32-49)42-54-59(71)66(44-56(68)63-48-29-27-47(28-30-48)58(70)62-36-38-73-40-39-72-37-16-4-3-15-35-60)55(64-54)34-33-50-43-61-45-67(50)57(69)24-14-17-41-74(51-18-8-5-9-19-51,52-20-10-6-11-21-52)53-22-12-7-13-23-53/h5-13,18-23,25-26,31-34,42-43,45,47-48H,3-4,14-17,24,27-30,35-41,44H2,1-2H3,(H-,62,63,68,70)/p+1/b34-33+,54-42+. The number of hydrogen-bond acceptors (Lipinski definition) is 9. The fraction of sp³-hybridized carbons (Fsp3) is 0.390. The van der Waals surface area contributed by atoms with E-state index in [2.05, 4.69) is 107 Å². The van der Waals surface area contributed by atoms with Crippen LogP contribution >= 0.6 is 18.9 Å². The summed E-state index contributed by atoms with van der Waals surface area (Å²) in [6.07, 6.45) is 17.8. The smallest absolute Gasteiger partial charge is 0.278 e. The quantitative estimate of drug-likeness (QED) is 0.0219. The first-order valence-electron chi connectivity index (χ1n) is 26.1. The average Bonchev–Trinajstić information content (AvgIpc) is 4.02. The molecule has 0 radical (unpaired) electrons. The Bertz CT molecular complexity index is 2560. The van der Waals surface area contributed by atoms with Crippen LogP contribution in [0.3, 0.4) is 0 Å². The SMILES string of the molecule is CN(C)c1ccc(/C=C2N=C(/C=C/c3cncn3C(=O)CCCC[P+](c3ccccc3)(c3ccccc3)c3ccccc3)N(CC(=O)NC3CCC(C(=O)NCCOCCOCCCCCCCl)CC3)C/2=O)cc1. The number of alkyl halides is 1. The molecule has 3 amide bonds. The van der Waals surface area contributed by atoms with E-state index >= 15 is 0 Å². The molecule has 7 rings (SSSR count). The van der Waals surface area contributed by atoms with Crippen molar-refractivity contribution in [3.05, 3.63) is 151 Å². The summed E-state index contributed by atoms with van der Waals surface area (Å²) in [6.45, 7) is 2.30. The van der Waals surface area contributed by atoms with E-state index in [1.165, 1.54) is 31.7 Å². The second-order valence-corrected chi connectivity index (χ2v) is 23.0. The summed E-state index contributed by atoms with van der Waals surface area (Å²) in [4.78, 5) is 67.1. The Morgan fingerprint density at radius 1 is 0.743 bits per heavy atom. The van der Waals surface area contributed by atoms with Gasteiger partial charge in [-0.1, -0.05) is 79.6 Å². The number of anilines is 1. The number of imidazole rings is 1. The van der Waals surface area contributed by atoms with E-state index in [-0.39, 0.29) is 47.8 Å². The number of amides is 3. The lowest BCUT2D eigenvalue weighted by atomic mass is 9.85. The third-order valence-corrected chi connectivity index (χ3v) is 18.4. The Hall–Kier alpha value is -6.24. The molecular weight excluding hydrogens is 969 g/mol. The molecule has 15 heteroatoms. The molecule has 1 aliphatic heterocycles. The number of hydrogen-bond donors (Lipinski definition) is 2. The number of unbranched alkanes of at least 4 members (excludes halogenated alkanes) is 4. The average molecular weight is 1040 g/mol. The van der Waals surface area contributed by atoms with Gasteiger partial charge < -0.3 is 25.0 Å². The number of carbonyl (C=O) groups excluding carboxylic acids is 4. The van der Waals surface area contributed by atoms with Crippen molar-refractivity contribution in [2.45, 2.75) is 76.7 Å². The predicted octanol–water partition coefficient (Wildman–Crippen LogP) is 8.67. The molecule has 2 N–H and O–H groups in total. The maximum Gasteiger partial charge on any atom is 0.278 e. The van der Waals surface area contributed by atoms with Gasteiger partial charge >= 0.3 is 0 Å². The summed E-state index contributed by atoms with van der Waals surface area (Å²) in [7, 11) is 1.89. The van der Waals surface area contributed by atoms with Gasteiger partial charge in [0.1, 0.15) is 47.6 Å². The second kappa shape index (κ2) is 29.0. The molecule has 1 aliphatic carbocycles. The Kier molecular flexibility index (Phi) is 21.8. The number of nitrogens with zero attached hydrogens (tertiary/aromatic N) is 5. The number of amidine groups is 1. The van der Waals surface area contributed by atoms with Crippen molar-refractivity contribution in [3.8, 4) is 0 Å². The van der Waals surface area contributed by atoms with Crippen molar-refractivity contribution >= 4 is 82.1 Å². The maximum absolute atomic E-state index is 14.1. The molecule has 390 valence electrons. The maximum atomic E-state index is 14.1. The third-order valence-electron chi connectivity index (χ3n) is 13.6. The minimum Gasteiger partial charge on any atom is -0.379 e. The lowest BCUT2D eigenvalue weighted by molar-refractivity contribution is -0.129. The molecule has 0 unspecified atom stereocenters. The molecule has 5 aromatic rings. The van der Waals surface area contributed by atoms with Crippen molar-refractivity contribution in [1.82, 2.24) is 25.1 Å². The van der Waals surface area contributed by atoms with Crippen LogP contribution in [0.5, 0.6) is 0 Å². The Balaban J connectivity index is 0.945. The van der Waals surface area contributed by atoms with E-state index in [1.54, 1.807) is 24.4 Å². The molecule has 1 saturated carbocycles. The Labute approximate surface area is 442 Å². The lowest BCUT2D eigenvalue weighted by Gasteiger charge is -2.29. The highest BCUT2D eigenvalue weighted by molar-refractivity contribution is 7.95. The molecule has 74 heavy (non-hydrogen) atoms. The summed E-state index contributed by atoms with van der Waals surface area (Å²) in [5.41, 5.74) is 2.52. The van der Waals surface area contributed by atoms with E-state index in [1.807, 2.05) is 43.3 Å². The molecule has 0 bridgehead atoms. The van der Waals surface area contributed by atoms with Crippen LogP contribution < -0.4 is 31.4 Å². The zero-order chi connectivity index (χ0) is 52.0. The summed E-state index contributed by atoms with van der Waals surface area (Å²) in [6, 6.07) is 39.9. The van der Waals surface area contributed by atoms with Gasteiger partial charge in [0, 0.05) is 57.2 Å². The first-order valence-corrected chi connectivity index (χ1v) is 28.6. The van der Waals surface area contributed by atoms with Crippen molar-refractivity contribution in [2.75, 3.05) is 70.6 Å². The van der Waals surface area contributed by atoms with Crippen LogP contribution in [0, 0.1) is 5.92 Å². The fourth-order valence-electron chi connectivity index (χ4n) is 9.58. The first-order chi connectivity index (χ1) is 36.2. The zero-order valence-electron chi connectivity index (χ0n) is 43.0. The topological polar surface area (TPSA) is 147 Å². The van der Waals surface area contributed by atoms with E-state index in [9.17, 15) is 19.2 Å². The van der Waals surface area contributed by atoms with Crippen molar-refractivity contribution in [3.63, 3.8) is 0 Å². The normalized spacial score (nSPS) is 16.4. The van der Waals surface area contributed by atoms with Crippen molar-refractivity contribution < 1.29 is 28.7 Å². The third kappa shape index (κ3) is 15.6. The van der Waals surface area contributed by atoms with Gasteiger partial charge in [0.15, 0.2) is 0 Å². The van der Waals surface area contributed by atoms with Crippen LogP contribution in [-0.2, 0) is 23.9 Å². The number of carbonyl (C=O) groups is 4. The number of rotatable bonds is 28. The molecule has 1 aromatic heterocycles. The number of ether oxygens (including phenoxy) is 2. The van der Waals surface area contributed by atoms with Crippen LogP contribution in [0.25, 0.3) is 12.2 Å². The van der Waals surface area contributed by atoms with Crippen LogP contribution in [0.15, 0.2) is 145 Å². The van der Waals surface area contributed by atoms with Gasteiger partial charge in [0.2, 0.25) is 17.7 Å². The van der Waals surface area contributed by atoms with E-state index in [4.69, 9.17) is 26.1 Å². The van der Waals surface area contributed by atoms with E-state index < -0.39 is 13.2 Å². The van der Waals surface area contributed by atoms with E-state index in [0.717, 1.165) is 49.5 Å². The molecule has 0 atom stereocenters. The highest BCUT2D eigenvalue weighted by Crippen LogP contribution is 2.56. The van der Waals surface area contributed by atoms with Crippen molar-refractivity contribution in [2.24, 2.45) is 10.9 Å². The van der Waals surface area contributed by atoms with Crippen LogP contribution in [0.1, 0.15) is 86.7 Å². The molecule has 2 aliphatic rings. The molecule has 1 fully saturated rings. The summed E-state index contributed by atoms with van der Waals surface area (Å²) in [5, 5.41) is 10.0. The van der Waals surface area contributed by atoms with Gasteiger partial charge in [0.25, 0.3) is 5.91 Å². The summed E-state index contributed by atoms with van der Waals surface area (Å²) >= 11 is 5.72. The van der Waals surface area contributed by atoms with E-state index in [0.29, 0.717) is 83.1 Å². The summed E-state index contributed by atoms with van der Waals surface area (Å²) < 4.78 is 12.8. The molecule has 13 nitrogen and oxygen atoms in total. The second-order valence-electron chi connectivity index (χ2n) is 19.0. The molecular formula is C59H72ClN7O6P+.